The molecule has 0 bridgehead atoms. The first kappa shape index (κ1) is 7.12. The van der Waals surface area contributed by atoms with E-state index in [1.54, 1.807) is 0 Å². The van der Waals surface area contributed by atoms with E-state index >= 15 is 0 Å². The van der Waals surface area contributed by atoms with Gasteiger partial charge in [-0.15, -0.1) is 10.2 Å². The van der Waals surface area contributed by atoms with Gasteiger partial charge in [0.15, 0.2) is 0 Å². The number of nitrogens with zero attached hydrogens (tertiary/aromatic N) is 3. The van der Waals surface area contributed by atoms with E-state index in [9.17, 15) is 0 Å². The Kier molecular flexibility index (Phi) is 2.31. The molecule has 1 aromatic rings. The minimum Gasteiger partial charge on any atom is -0.389 e. The first-order valence-electron chi connectivity index (χ1n) is 2.66. The summed E-state index contributed by atoms with van der Waals surface area (Å²) in [5.41, 5.74) is 0. The van der Waals surface area contributed by atoms with E-state index in [0.717, 1.165) is 0 Å². The van der Waals surface area contributed by atoms with Gasteiger partial charge in [-0.25, -0.2) is 0 Å². The van der Waals surface area contributed by atoms with Gasteiger partial charge >= 0.3 is 0 Å². The van der Waals surface area contributed by atoms with Crippen molar-refractivity contribution in [2.45, 2.75) is 13.0 Å². The molecule has 0 unspecified atom stereocenters. The van der Waals surface area contributed by atoms with Crippen LogP contribution in [0.3, 0.4) is 0 Å². The molecule has 1 rings (SSSR count). The van der Waals surface area contributed by atoms with E-state index in [2.05, 4.69) is 10.2 Å². The van der Waals surface area contributed by atoms with Crippen molar-refractivity contribution in [2.75, 3.05) is 0 Å². The highest BCUT2D eigenvalue weighted by Crippen LogP contribution is 2.08. The average Bonchev–Trinajstić information content (AvgIpc) is 2.37. The molecule has 0 saturated heterocycles. The number of nitriles is 1. The summed E-state index contributed by atoms with van der Waals surface area (Å²) in [6, 6.07) is 1.95. The second-order valence-corrected chi connectivity index (χ2v) is 2.73. The Balaban J connectivity index is 2.70. The van der Waals surface area contributed by atoms with Gasteiger partial charge < -0.3 is 5.11 Å². The van der Waals surface area contributed by atoms with Gasteiger partial charge in [0.05, 0.1) is 19.1 Å². The Morgan fingerprint density at radius 1 is 1.50 bits per heavy atom. The SMILES string of the molecule is N#CCc1nnc(CO)s1. The molecule has 52 valence electrons. The molecule has 0 radical (unpaired) electrons. The molecule has 1 N–H and O–H groups in total. The molecular formula is C5H5N3OS. The highest BCUT2D eigenvalue weighted by molar-refractivity contribution is 7.11. The molecule has 0 fully saturated rings. The van der Waals surface area contributed by atoms with Gasteiger partial charge in [-0.3, -0.25) is 0 Å². The van der Waals surface area contributed by atoms with Crippen LogP contribution >= 0.6 is 11.3 Å². The molecule has 0 aromatic carbocycles. The maximum Gasteiger partial charge on any atom is 0.143 e. The molecule has 0 aliphatic carbocycles. The van der Waals surface area contributed by atoms with E-state index in [-0.39, 0.29) is 13.0 Å². The van der Waals surface area contributed by atoms with E-state index in [1.165, 1.54) is 11.3 Å². The lowest BCUT2D eigenvalue weighted by atomic mass is 10.5. The van der Waals surface area contributed by atoms with Crippen LogP contribution in [0.25, 0.3) is 0 Å². The molecule has 0 spiro atoms. The number of hydrogen-bond acceptors (Lipinski definition) is 5. The predicted octanol–water partition coefficient (Wildman–Crippen LogP) is 0.0965. The normalized spacial score (nSPS) is 9.20. The maximum atomic E-state index is 8.54. The zero-order valence-corrected chi connectivity index (χ0v) is 5.93. The minimum atomic E-state index is -0.0942. The van der Waals surface area contributed by atoms with Crippen molar-refractivity contribution in [3.05, 3.63) is 10.0 Å². The Morgan fingerprint density at radius 2 is 2.20 bits per heavy atom. The highest BCUT2D eigenvalue weighted by atomic mass is 32.1. The Hall–Kier alpha value is -0.990. The largest absolute Gasteiger partial charge is 0.389 e. The highest BCUT2D eigenvalue weighted by Gasteiger charge is 2.00. The van der Waals surface area contributed by atoms with Crippen LogP contribution in [0.2, 0.25) is 0 Å². The predicted molar refractivity (Wildman–Crippen MR) is 35.1 cm³/mol. The zero-order valence-electron chi connectivity index (χ0n) is 5.11. The third-order valence-electron chi connectivity index (χ3n) is 0.874. The van der Waals surface area contributed by atoms with Crippen molar-refractivity contribution in [1.29, 1.82) is 5.26 Å². The van der Waals surface area contributed by atoms with Gasteiger partial charge in [0.1, 0.15) is 10.0 Å². The number of rotatable bonds is 2. The van der Waals surface area contributed by atoms with Crippen LogP contribution in [-0.2, 0) is 13.0 Å². The molecule has 5 heteroatoms. The summed E-state index contributed by atoms with van der Waals surface area (Å²) in [5.74, 6) is 0. The van der Waals surface area contributed by atoms with Crippen molar-refractivity contribution in [3.63, 3.8) is 0 Å². The molecule has 0 atom stereocenters. The molecule has 0 saturated carbocycles. The summed E-state index contributed by atoms with van der Waals surface area (Å²) in [6.45, 7) is -0.0942. The van der Waals surface area contributed by atoms with Gasteiger partial charge in [-0.2, -0.15) is 5.26 Å². The van der Waals surface area contributed by atoms with E-state index < -0.39 is 0 Å². The maximum absolute atomic E-state index is 8.54. The van der Waals surface area contributed by atoms with E-state index in [1.807, 2.05) is 6.07 Å². The fourth-order valence-corrected chi connectivity index (χ4v) is 1.13. The Labute approximate surface area is 61.8 Å². The Morgan fingerprint density at radius 3 is 2.70 bits per heavy atom. The number of aliphatic hydroxyl groups is 1. The summed E-state index contributed by atoms with van der Waals surface area (Å²) >= 11 is 1.26. The molecule has 0 aliphatic heterocycles. The Bertz CT molecular complexity index is 252. The first-order chi connectivity index (χ1) is 4.86. The molecule has 4 nitrogen and oxygen atoms in total. The smallest absolute Gasteiger partial charge is 0.143 e. The molecule has 0 aliphatic rings. The van der Waals surface area contributed by atoms with E-state index in [0.29, 0.717) is 10.0 Å². The second-order valence-electron chi connectivity index (χ2n) is 1.58. The van der Waals surface area contributed by atoms with Crippen LogP contribution in [0.15, 0.2) is 0 Å². The third kappa shape index (κ3) is 1.50. The number of aliphatic hydroxyl groups excluding tert-OH is 1. The van der Waals surface area contributed by atoms with Crippen LogP contribution in [0.1, 0.15) is 10.0 Å². The summed E-state index contributed by atoms with van der Waals surface area (Å²) in [4.78, 5) is 0. The molecular weight excluding hydrogens is 150 g/mol. The van der Waals surface area contributed by atoms with Crippen LogP contribution in [0.4, 0.5) is 0 Å². The number of hydrogen-bond donors (Lipinski definition) is 1. The van der Waals surface area contributed by atoms with Crippen LogP contribution in [0.5, 0.6) is 0 Å². The summed E-state index contributed by atoms with van der Waals surface area (Å²) in [6.07, 6.45) is 0.275. The number of aromatic nitrogens is 2. The average molecular weight is 155 g/mol. The summed E-state index contributed by atoms with van der Waals surface area (Å²) < 4.78 is 0. The quantitative estimate of drug-likeness (QED) is 0.657. The van der Waals surface area contributed by atoms with Crippen molar-refractivity contribution in [2.24, 2.45) is 0 Å². The van der Waals surface area contributed by atoms with Crippen molar-refractivity contribution < 1.29 is 5.11 Å². The third-order valence-corrected chi connectivity index (χ3v) is 1.78. The fraction of sp³-hybridized carbons (Fsp3) is 0.400. The van der Waals surface area contributed by atoms with Gasteiger partial charge in [0, 0.05) is 0 Å². The van der Waals surface area contributed by atoms with Gasteiger partial charge in [0.2, 0.25) is 0 Å². The van der Waals surface area contributed by atoms with Gasteiger partial charge in [-0.1, -0.05) is 11.3 Å². The molecule has 1 heterocycles. The molecule has 10 heavy (non-hydrogen) atoms. The van der Waals surface area contributed by atoms with Crippen LogP contribution in [0, 0.1) is 11.3 Å². The van der Waals surface area contributed by atoms with Crippen molar-refractivity contribution in [3.8, 4) is 6.07 Å². The minimum absolute atomic E-state index is 0.0942. The summed E-state index contributed by atoms with van der Waals surface area (Å²) in [7, 11) is 0. The molecule has 1 aromatic heterocycles. The van der Waals surface area contributed by atoms with Crippen LogP contribution < -0.4 is 0 Å². The monoisotopic (exact) mass is 155 g/mol. The van der Waals surface area contributed by atoms with Gasteiger partial charge in [-0.05, 0) is 0 Å². The second kappa shape index (κ2) is 3.25. The van der Waals surface area contributed by atoms with Crippen LogP contribution in [-0.4, -0.2) is 15.3 Å². The van der Waals surface area contributed by atoms with Crippen molar-refractivity contribution >= 4 is 11.3 Å². The van der Waals surface area contributed by atoms with Gasteiger partial charge in [0.25, 0.3) is 0 Å². The lowest BCUT2D eigenvalue weighted by Crippen LogP contribution is -1.79. The van der Waals surface area contributed by atoms with Crippen molar-refractivity contribution in [1.82, 2.24) is 10.2 Å². The lowest BCUT2D eigenvalue weighted by Gasteiger charge is -1.77. The first-order valence-corrected chi connectivity index (χ1v) is 3.47. The summed E-state index contributed by atoms with van der Waals surface area (Å²) in [5, 5.41) is 25.3. The molecule has 0 amide bonds. The zero-order chi connectivity index (χ0) is 7.40. The lowest BCUT2D eigenvalue weighted by molar-refractivity contribution is 0.280. The topological polar surface area (TPSA) is 69.8 Å². The van der Waals surface area contributed by atoms with E-state index in [4.69, 9.17) is 10.4 Å². The standard InChI is InChI=1S/C5H5N3OS/c6-2-1-4-7-8-5(3-9)10-4/h9H,1,3H2. The fourth-order valence-electron chi connectivity index (χ4n) is 0.491.